The fourth-order valence-electron chi connectivity index (χ4n) is 0.718. The van der Waals surface area contributed by atoms with Crippen molar-refractivity contribution in [2.24, 2.45) is 5.73 Å². The lowest BCUT2D eigenvalue weighted by Crippen LogP contribution is -2.01. The molecular weight excluding hydrogens is 156 g/mol. The predicted octanol–water partition coefficient (Wildman–Crippen LogP) is 0.774. The van der Waals surface area contributed by atoms with Gasteiger partial charge in [0.1, 0.15) is 11.6 Å². The van der Waals surface area contributed by atoms with E-state index in [0.717, 1.165) is 0 Å². The average Bonchev–Trinajstić information content (AvgIpc) is 1.85. The Morgan fingerprint density at radius 1 is 1.58 bits per heavy atom. The number of nitriles is 1. The van der Waals surface area contributed by atoms with Gasteiger partial charge in [0.05, 0.1) is 0 Å². The molecule has 4 heteroatoms. The summed E-state index contributed by atoms with van der Waals surface area (Å²) in [6, 6.07) is 1.59. The minimum Gasteiger partial charge on any atom is -0.477 e. The van der Waals surface area contributed by atoms with Crippen LogP contribution in [0.25, 0.3) is 0 Å². The fraction of sp³-hybridized carbons (Fsp3) is 0.250. The molecule has 12 heavy (non-hydrogen) atoms. The topological polar surface area (TPSA) is 87.1 Å². The standard InChI is InChI=1S/C8H10N2O2/c1-5(3-6(2)10)7(4-9)8(11)12/h3H,10H2,1-2H3,(H,11,12)/b6-3-,7-5-. The molecule has 0 aromatic rings. The molecule has 0 aliphatic heterocycles. The maximum absolute atomic E-state index is 10.4. The Morgan fingerprint density at radius 2 is 2.08 bits per heavy atom. The van der Waals surface area contributed by atoms with E-state index in [2.05, 4.69) is 0 Å². The Labute approximate surface area is 70.6 Å². The monoisotopic (exact) mass is 166 g/mol. The van der Waals surface area contributed by atoms with Crippen LogP contribution in [0.5, 0.6) is 0 Å². The average molecular weight is 166 g/mol. The number of hydrogen-bond donors (Lipinski definition) is 2. The lowest BCUT2D eigenvalue weighted by molar-refractivity contribution is -0.132. The zero-order valence-corrected chi connectivity index (χ0v) is 6.96. The second-order valence-electron chi connectivity index (χ2n) is 2.36. The fourth-order valence-corrected chi connectivity index (χ4v) is 0.718. The molecule has 0 aliphatic carbocycles. The van der Waals surface area contributed by atoms with Crippen molar-refractivity contribution in [1.82, 2.24) is 0 Å². The van der Waals surface area contributed by atoms with E-state index in [0.29, 0.717) is 11.3 Å². The smallest absolute Gasteiger partial charge is 0.346 e. The van der Waals surface area contributed by atoms with Crippen LogP contribution in [0.3, 0.4) is 0 Å². The van der Waals surface area contributed by atoms with Crippen molar-refractivity contribution in [3.05, 3.63) is 22.9 Å². The van der Waals surface area contributed by atoms with Gasteiger partial charge in [-0.15, -0.1) is 0 Å². The first-order valence-corrected chi connectivity index (χ1v) is 3.27. The predicted molar refractivity (Wildman–Crippen MR) is 43.9 cm³/mol. The van der Waals surface area contributed by atoms with Gasteiger partial charge >= 0.3 is 5.97 Å². The number of allylic oxidation sites excluding steroid dienone is 3. The van der Waals surface area contributed by atoms with Crippen LogP contribution in [0.1, 0.15) is 13.8 Å². The first-order valence-electron chi connectivity index (χ1n) is 3.27. The van der Waals surface area contributed by atoms with Crippen molar-refractivity contribution in [3.8, 4) is 6.07 Å². The molecule has 64 valence electrons. The van der Waals surface area contributed by atoms with Gasteiger partial charge < -0.3 is 10.8 Å². The number of nitrogens with two attached hydrogens (primary N) is 1. The summed E-state index contributed by atoms with van der Waals surface area (Å²) in [6.07, 6.45) is 1.45. The van der Waals surface area contributed by atoms with Gasteiger partial charge in [-0.2, -0.15) is 5.26 Å². The Bertz CT molecular complexity index is 291. The summed E-state index contributed by atoms with van der Waals surface area (Å²) in [5.74, 6) is -1.23. The highest BCUT2D eigenvalue weighted by atomic mass is 16.4. The molecule has 0 unspecified atom stereocenters. The number of nitrogens with zero attached hydrogens (tertiary/aromatic N) is 1. The van der Waals surface area contributed by atoms with Crippen molar-refractivity contribution in [2.45, 2.75) is 13.8 Å². The van der Waals surface area contributed by atoms with Crippen LogP contribution in [0.2, 0.25) is 0 Å². The first-order chi connectivity index (χ1) is 5.49. The normalized spacial score (nSPS) is 13.2. The maximum Gasteiger partial charge on any atom is 0.346 e. The Kier molecular flexibility index (Phi) is 3.57. The zero-order valence-electron chi connectivity index (χ0n) is 6.96. The second kappa shape index (κ2) is 4.19. The molecule has 0 saturated carbocycles. The van der Waals surface area contributed by atoms with Crippen molar-refractivity contribution >= 4 is 5.97 Å². The van der Waals surface area contributed by atoms with Crippen LogP contribution in [-0.2, 0) is 4.79 Å². The summed E-state index contributed by atoms with van der Waals surface area (Å²) < 4.78 is 0. The van der Waals surface area contributed by atoms with Crippen LogP contribution in [0.4, 0.5) is 0 Å². The largest absolute Gasteiger partial charge is 0.477 e. The second-order valence-corrected chi connectivity index (χ2v) is 2.36. The molecule has 4 nitrogen and oxygen atoms in total. The molecule has 0 fully saturated rings. The van der Waals surface area contributed by atoms with Crippen LogP contribution in [-0.4, -0.2) is 11.1 Å². The van der Waals surface area contributed by atoms with E-state index in [9.17, 15) is 4.79 Å². The highest BCUT2D eigenvalue weighted by Gasteiger charge is 2.08. The lowest BCUT2D eigenvalue weighted by Gasteiger charge is -1.95. The number of hydrogen-bond acceptors (Lipinski definition) is 3. The van der Waals surface area contributed by atoms with Crippen LogP contribution < -0.4 is 5.73 Å². The summed E-state index contributed by atoms with van der Waals surface area (Å²) in [5.41, 5.74) is 5.87. The Hall–Kier alpha value is -1.76. The van der Waals surface area contributed by atoms with Gasteiger partial charge in [0.2, 0.25) is 0 Å². The Balaban J connectivity index is 5.03. The molecule has 0 spiro atoms. The molecule has 0 amide bonds. The maximum atomic E-state index is 10.4. The van der Waals surface area contributed by atoms with Crippen molar-refractivity contribution < 1.29 is 9.90 Å². The molecule has 0 radical (unpaired) electrons. The number of rotatable bonds is 2. The summed E-state index contributed by atoms with van der Waals surface area (Å²) >= 11 is 0. The zero-order chi connectivity index (χ0) is 9.72. The van der Waals surface area contributed by atoms with E-state index in [1.54, 1.807) is 13.0 Å². The molecule has 0 rings (SSSR count). The third-order valence-corrected chi connectivity index (χ3v) is 1.16. The van der Waals surface area contributed by atoms with Gasteiger partial charge in [0.15, 0.2) is 0 Å². The highest BCUT2D eigenvalue weighted by Crippen LogP contribution is 2.05. The third-order valence-electron chi connectivity index (χ3n) is 1.16. The van der Waals surface area contributed by atoms with Crippen molar-refractivity contribution in [3.63, 3.8) is 0 Å². The van der Waals surface area contributed by atoms with Gasteiger partial charge in [0, 0.05) is 5.70 Å². The number of carboxylic acid groups (broad SMARTS) is 1. The summed E-state index contributed by atoms with van der Waals surface area (Å²) in [6.45, 7) is 3.16. The molecule has 0 heterocycles. The van der Waals surface area contributed by atoms with E-state index in [1.807, 2.05) is 0 Å². The molecular formula is C8H10N2O2. The van der Waals surface area contributed by atoms with Gasteiger partial charge in [-0.25, -0.2) is 4.79 Å². The van der Waals surface area contributed by atoms with Crippen LogP contribution in [0, 0.1) is 11.3 Å². The number of carbonyl (C=O) groups is 1. The van der Waals surface area contributed by atoms with Crippen LogP contribution in [0.15, 0.2) is 22.9 Å². The molecule has 0 aliphatic rings. The van der Waals surface area contributed by atoms with E-state index in [4.69, 9.17) is 16.1 Å². The van der Waals surface area contributed by atoms with Crippen molar-refractivity contribution in [1.29, 1.82) is 5.26 Å². The molecule has 0 bridgehead atoms. The minimum absolute atomic E-state index is 0.278. The minimum atomic E-state index is -1.23. The van der Waals surface area contributed by atoms with Gasteiger partial charge in [-0.05, 0) is 25.5 Å². The highest BCUT2D eigenvalue weighted by molar-refractivity contribution is 5.92. The number of aliphatic carboxylic acids is 1. The van der Waals surface area contributed by atoms with Gasteiger partial charge in [0.25, 0.3) is 0 Å². The lowest BCUT2D eigenvalue weighted by atomic mass is 10.1. The van der Waals surface area contributed by atoms with Gasteiger partial charge in [-0.1, -0.05) is 0 Å². The quantitative estimate of drug-likeness (QED) is 0.360. The first kappa shape index (κ1) is 10.2. The molecule has 0 aromatic heterocycles. The van der Waals surface area contributed by atoms with E-state index >= 15 is 0 Å². The van der Waals surface area contributed by atoms with Crippen molar-refractivity contribution in [2.75, 3.05) is 0 Å². The Morgan fingerprint density at radius 3 is 2.33 bits per heavy atom. The van der Waals surface area contributed by atoms with E-state index in [-0.39, 0.29) is 5.57 Å². The molecule has 0 atom stereocenters. The number of carboxylic acids is 1. The molecule has 0 saturated heterocycles. The van der Waals surface area contributed by atoms with E-state index < -0.39 is 5.97 Å². The summed E-state index contributed by atoms with van der Waals surface area (Å²) in [4.78, 5) is 10.4. The SMILES string of the molecule is C/C(N)=C/C(C)=C(/C#N)C(=O)O. The summed E-state index contributed by atoms with van der Waals surface area (Å²) in [5, 5.41) is 16.9. The molecule has 3 N–H and O–H groups in total. The van der Waals surface area contributed by atoms with Gasteiger partial charge in [-0.3, -0.25) is 0 Å². The molecule has 0 aromatic carbocycles. The summed E-state index contributed by atoms with van der Waals surface area (Å²) in [7, 11) is 0. The third kappa shape index (κ3) is 2.88. The van der Waals surface area contributed by atoms with Crippen LogP contribution >= 0.6 is 0 Å². The van der Waals surface area contributed by atoms with E-state index in [1.165, 1.54) is 13.0 Å².